The SMILES string of the molecule is COc1ccc(NC(=O)/C(N=Nc2cccc(C(F)(F)F)c2)=C(\O)C(F)(F)F)cc1. The van der Waals surface area contributed by atoms with Gasteiger partial charge in [0, 0.05) is 5.69 Å². The lowest BCUT2D eigenvalue weighted by Crippen LogP contribution is -2.21. The zero-order valence-corrected chi connectivity index (χ0v) is 15.0. The molecule has 0 aliphatic rings. The minimum atomic E-state index is -5.35. The Morgan fingerprint density at radius 2 is 1.67 bits per heavy atom. The molecule has 0 aliphatic carbocycles. The van der Waals surface area contributed by atoms with Crippen LogP contribution in [0.3, 0.4) is 0 Å². The first-order chi connectivity index (χ1) is 13.9. The van der Waals surface area contributed by atoms with Gasteiger partial charge in [-0.1, -0.05) is 6.07 Å². The van der Waals surface area contributed by atoms with Crippen LogP contribution in [0.25, 0.3) is 0 Å². The first kappa shape index (κ1) is 22.7. The number of nitrogens with zero attached hydrogens (tertiary/aromatic N) is 2. The zero-order valence-electron chi connectivity index (χ0n) is 15.0. The van der Waals surface area contributed by atoms with E-state index in [1.165, 1.54) is 31.4 Å². The van der Waals surface area contributed by atoms with Gasteiger partial charge in [-0.2, -0.15) is 31.5 Å². The number of rotatable bonds is 5. The number of allylic oxidation sites excluding steroid dienone is 1. The maximum Gasteiger partial charge on any atom is 0.451 e. The van der Waals surface area contributed by atoms with Crippen molar-refractivity contribution in [1.82, 2.24) is 0 Å². The van der Waals surface area contributed by atoms with Crippen LogP contribution in [0, 0.1) is 0 Å². The van der Waals surface area contributed by atoms with Crippen molar-refractivity contribution in [3.63, 3.8) is 0 Å². The molecule has 0 saturated heterocycles. The van der Waals surface area contributed by atoms with Gasteiger partial charge in [-0.15, -0.1) is 5.11 Å². The standard InChI is InChI=1S/C18H13F6N3O3/c1-30-13-7-5-11(6-8-13)25-16(29)14(15(28)18(22,23)24)27-26-12-4-2-3-10(9-12)17(19,20)21/h2-9,28H,1H3,(H,25,29)/b15-14+,27-26?. The lowest BCUT2D eigenvalue weighted by Gasteiger charge is -2.10. The van der Waals surface area contributed by atoms with Gasteiger partial charge >= 0.3 is 12.4 Å². The van der Waals surface area contributed by atoms with E-state index in [0.717, 1.165) is 18.2 Å². The molecule has 2 N–H and O–H groups in total. The van der Waals surface area contributed by atoms with Gasteiger partial charge in [0.25, 0.3) is 5.91 Å². The lowest BCUT2D eigenvalue weighted by atomic mass is 10.2. The van der Waals surface area contributed by atoms with E-state index in [1.54, 1.807) is 0 Å². The Balaban J connectivity index is 2.36. The first-order valence-electron chi connectivity index (χ1n) is 7.96. The van der Waals surface area contributed by atoms with E-state index < -0.39 is 41.0 Å². The fourth-order valence-corrected chi connectivity index (χ4v) is 2.05. The number of ether oxygens (including phenoxy) is 1. The molecule has 0 fully saturated rings. The number of hydrogen-bond acceptors (Lipinski definition) is 5. The molecule has 6 nitrogen and oxygen atoms in total. The predicted octanol–water partition coefficient (Wildman–Crippen LogP) is 5.77. The van der Waals surface area contributed by atoms with Gasteiger partial charge in [0.15, 0.2) is 5.70 Å². The topological polar surface area (TPSA) is 83.3 Å². The number of carbonyl (C=O) groups excluding carboxylic acids is 1. The Morgan fingerprint density at radius 3 is 2.20 bits per heavy atom. The minimum absolute atomic E-state index is 0.0440. The van der Waals surface area contributed by atoms with E-state index in [1.807, 2.05) is 0 Å². The van der Waals surface area contributed by atoms with E-state index in [2.05, 4.69) is 15.5 Å². The van der Waals surface area contributed by atoms with Gasteiger partial charge in [-0.25, -0.2) is 0 Å². The molecule has 0 atom stereocenters. The second-order valence-corrected chi connectivity index (χ2v) is 5.63. The fraction of sp³-hybridized carbons (Fsp3) is 0.167. The molecule has 1 amide bonds. The Hall–Kier alpha value is -3.57. The summed E-state index contributed by atoms with van der Waals surface area (Å²) in [4.78, 5) is 12.2. The summed E-state index contributed by atoms with van der Waals surface area (Å²) < 4.78 is 81.8. The van der Waals surface area contributed by atoms with Crippen LogP contribution < -0.4 is 10.1 Å². The van der Waals surface area contributed by atoms with E-state index in [9.17, 15) is 36.2 Å². The quantitative estimate of drug-likeness (QED) is 0.272. The summed E-state index contributed by atoms with van der Waals surface area (Å²) in [5.41, 5.74) is -3.08. The van der Waals surface area contributed by atoms with Gasteiger partial charge in [0.1, 0.15) is 5.75 Å². The number of anilines is 1. The van der Waals surface area contributed by atoms with Crippen LogP contribution >= 0.6 is 0 Å². The first-order valence-corrected chi connectivity index (χ1v) is 7.96. The highest BCUT2D eigenvalue weighted by atomic mass is 19.4. The number of azo groups is 1. The molecule has 2 aromatic rings. The molecule has 0 aromatic heterocycles. The van der Waals surface area contributed by atoms with E-state index in [4.69, 9.17) is 4.74 Å². The van der Waals surface area contributed by atoms with Crippen LogP contribution in [-0.4, -0.2) is 24.3 Å². The summed E-state index contributed by atoms with van der Waals surface area (Å²) >= 11 is 0. The highest BCUT2D eigenvalue weighted by Crippen LogP contribution is 2.32. The van der Waals surface area contributed by atoms with Crippen molar-refractivity contribution in [1.29, 1.82) is 0 Å². The van der Waals surface area contributed by atoms with E-state index >= 15 is 0 Å². The van der Waals surface area contributed by atoms with Gasteiger partial charge in [-0.3, -0.25) is 4.79 Å². The third-order valence-electron chi connectivity index (χ3n) is 3.49. The van der Waals surface area contributed by atoms with Crippen molar-refractivity contribution < 1.29 is 41.0 Å². The largest absolute Gasteiger partial charge is 0.503 e. The molecule has 0 heterocycles. The molecule has 0 spiro atoms. The highest BCUT2D eigenvalue weighted by molar-refractivity contribution is 6.03. The number of amides is 1. The third-order valence-corrected chi connectivity index (χ3v) is 3.49. The molecule has 0 bridgehead atoms. The Morgan fingerprint density at radius 1 is 1.03 bits per heavy atom. The second kappa shape index (κ2) is 8.84. The number of aliphatic hydroxyl groups excluding tert-OH is 1. The van der Waals surface area contributed by atoms with Crippen LogP contribution in [0.2, 0.25) is 0 Å². The molecule has 0 unspecified atom stereocenters. The molecule has 0 saturated carbocycles. The minimum Gasteiger partial charge on any atom is -0.503 e. The third kappa shape index (κ3) is 5.96. The van der Waals surface area contributed by atoms with Gasteiger partial charge < -0.3 is 15.2 Å². The molecular formula is C18H13F6N3O3. The van der Waals surface area contributed by atoms with Crippen molar-refractivity contribution >= 4 is 17.3 Å². The average Bonchev–Trinajstić information content (AvgIpc) is 2.67. The lowest BCUT2D eigenvalue weighted by molar-refractivity contribution is -0.137. The van der Waals surface area contributed by atoms with Crippen LogP contribution in [0.15, 0.2) is 70.2 Å². The summed E-state index contributed by atoms with van der Waals surface area (Å²) in [7, 11) is 1.38. The fourth-order valence-electron chi connectivity index (χ4n) is 2.05. The van der Waals surface area contributed by atoms with Crippen LogP contribution in [0.5, 0.6) is 5.75 Å². The predicted molar refractivity (Wildman–Crippen MR) is 93.3 cm³/mol. The zero-order chi connectivity index (χ0) is 22.5. The summed E-state index contributed by atoms with van der Waals surface area (Å²) in [6.07, 6.45) is -10.1. The number of benzene rings is 2. The van der Waals surface area contributed by atoms with Gasteiger partial charge in [0.2, 0.25) is 5.76 Å². The maximum absolute atomic E-state index is 12.9. The van der Waals surface area contributed by atoms with Crippen molar-refractivity contribution in [2.75, 3.05) is 12.4 Å². The molecule has 0 aliphatic heterocycles. The molecule has 12 heteroatoms. The van der Waals surface area contributed by atoms with Crippen LogP contribution in [0.1, 0.15) is 5.56 Å². The number of halogens is 6. The molecule has 0 radical (unpaired) electrons. The number of nitrogens with one attached hydrogen (secondary N) is 1. The number of methoxy groups -OCH3 is 1. The average molecular weight is 433 g/mol. The monoisotopic (exact) mass is 433 g/mol. The van der Waals surface area contributed by atoms with Gasteiger partial charge in [-0.05, 0) is 42.5 Å². The normalized spacial score (nSPS) is 13.2. The Bertz CT molecular complexity index is 966. The van der Waals surface area contributed by atoms with Crippen molar-refractivity contribution in [2.24, 2.45) is 10.2 Å². The molecule has 30 heavy (non-hydrogen) atoms. The molecule has 160 valence electrons. The van der Waals surface area contributed by atoms with E-state index in [-0.39, 0.29) is 5.69 Å². The Kier molecular flexibility index (Phi) is 6.70. The summed E-state index contributed by atoms with van der Waals surface area (Å²) in [5, 5.41) is 17.7. The molecule has 2 aromatic carbocycles. The van der Waals surface area contributed by atoms with Crippen molar-refractivity contribution in [3.05, 3.63) is 65.6 Å². The smallest absolute Gasteiger partial charge is 0.451 e. The number of aliphatic hydroxyl groups is 1. The summed E-state index contributed by atoms with van der Waals surface area (Å²) in [6.45, 7) is 0. The number of carbonyl (C=O) groups is 1. The van der Waals surface area contributed by atoms with Crippen molar-refractivity contribution in [2.45, 2.75) is 12.4 Å². The van der Waals surface area contributed by atoms with Gasteiger partial charge in [0.05, 0.1) is 18.4 Å². The second-order valence-electron chi connectivity index (χ2n) is 5.63. The van der Waals surface area contributed by atoms with Crippen LogP contribution in [-0.2, 0) is 11.0 Å². The summed E-state index contributed by atoms with van der Waals surface area (Å²) in [6, 6.07) is 8.67. The molecular weight excluding hydrogens is 420 g/mol. The highest BCUT2D eigenvalue weighted by Gasteiger charge is 2.39. The Labute approximate surface area is 165 Å². The molecule has 2 rings (SSSR count). The van der Waals surface area contributed by atoms with Crippen molar-refractivity contribution in [3.8, 4) is 5.75 Å². The summed E-state index contributed by atoms with van der Waals surface area (Å²) in [5.74, 6) is -3.43. The number of hydrogen-bond donors (Lipinski definition) is 2. The van der Waals surface area contributed by atoms with Crippen LogP contribution in [0.4, 0.5) is 37.7 Å². The van der Waals surface area contributed by atoms with E-state index in [0.29, 0.717) is 11.8 Å². The number of alkyl halides is 6. The maximum atomic E-state index is 12.9.